The Morgan fingerprint density at radius 1 is 1.00 bits per heavy atom. The SMILES string of the molecule is OCCC#Cc1cc(Cl)ccc1NCc1ccc(Cl)c(Cl)c1. The number of aliphatic hydroxyl groups excluding tert-OH is 1. The van der Waals surface area contributed by atoms with Gasteiger partial charge in [-0.25, -0.2) is 0 Å². The zero-order chi connectivity index (χ0) is 15.9. The average molecular weight is 355 g/mol. The fraction of sp³-hybridized carbons (Fsp3) is 0.176. The maximum Gasteiger partial charge on any atom is 0.0595 e. The third-order valence-corrected chi connectivity index (χ3v) is 3.88. The van der Waals surface area contributed by atoms with Gasteiger partial charge in [0.25, 0.3) is 0 Å². The molecule has 114 valence electrons. The number of hydrogen-bond donors (Lipinski definition) is 2. The Hall–Kier alpha value is -1.37. The van der Waals surface area contributed by atoms with E-state index < -0.39 is 0 Å². The van der Waals surface area contributed by atoms with E-state index in [0.717, 1.165) is 16.8 Å². The number of halogens is 3. The van der Waals surface area contributed by atoms with E-state index in [1.165, 1.54) is 0 Å². The van der Waals surface area contributed by atoms with Crippen molar-refractivity contribution in [2.75, 3.05) is 11.9 Å². The van der Waals surface area contributed by atoms with E-state index in [0.29, 0.717) is 28.0 Å². The second kappa shape index (κ2) is 8.31. The van der Waals surface area contributed by atoms with Gasteiger partial charge >= 0.3 is 0 Å². The highest BCUT2D eigenvalue weighted by atomic mass is 35.5. The van der Waals surface area contributed by atoms with Gasteiger partial charge in [-0.1, -0.05) is 52.7 Å². The molecule has 2 N–H and O–H groups in total. The van der Waals surface area contributed by atoms with Crippen molar-refractivity contribution in [1.82, 2.24) is 0 Å². The molecule has 0 aromatic heterocycles. The summed E-state index contributed by atoms with van der Waals surface area (Å²) in [5.41, 5.74) is 2.68. The van der Waals surface area contributed by atoms with Gasteiger partial charge in [-0.3, -0.25) is 0 Å². The number of benzene rings is 2. The predicted octanol–water partition coefficient (Wildman–Crippen LogP) is 4.99. The van der Waals surface area contributed by atoms with E-state index in [-0.39, 0.29) is 6.61 Å². The molecule has 0 bridgehead atoms. The zero-order valence-electron chi connectivity index (χ0n) is 11.7. The van der Waals surface area contributed by atoms with Crippen LogP contribution < -0.4 is 5.32 Å². The molecule has 0 unspecified atom stereocenters. The summed E-state index contributed by atoms with van der Waals surface area (Å²) >= 11 is 17.9. The Kier molecular flexibility index (Phi) is 6.42. The molecule has 2 nitrogen and oxygen atoms in total. The summed E-state index contributed by atoms with van der Waals surface area (Å²) in [6.45, 7) is 0.632. The molecule has 0 aliphatic carbocycles. The molecule has 0 aliphatic rings. The third-order valence-electron chi connectivity index (χ3n) is 2.91. The molecule has 0 heterocycles. The largest absolute Gasteiger partial charge is 0.395 e. The molecule has 0 spiro atoms. The Labute approximate surface area is 145 Å². The van der Waals surface area contributed by atoms with E-state index in [9.17, 15) is 0 Å². The normalized spacial score (nSPS) is 10.0. The van der Waals surface area contributed by atoms with Crippen LogP contribution in [0, 0.1) is 11.8 Å². The molecule has 0 radical (unpaired) electrons. The highest BCUT2D eigenvalue weighted by Crippen LogP contribution is 2.24. The van der Waals surface area contributed by atoms with Crippen molar-refractivity contribution in [3.8, 4) is 11.8 Å². The van der Waals surface area contributed by atoms with Crippen LogP contribution in [0.15, 0.2) is 36.4 Å². The fourth-order valence-electron chi connectivity index (χ4n) is 1.83. The maximum atomic E-state index is 8.80. The van der Waals surface area contributed by atoms with E-state index >= 15 is 0 Å². The van der Waals surface area contributed by atoms with Gasteiger partial charge < -0.3 is 10.4 Å². The quantitative estimate of drug-likeness (QED) is 0.758. The molecular weight excluding hydrogens is 341 g/mol. The standard InChI is InChI=1S/C17H14Cl3NO/c18-14-5-7-17(13(10-14)3-1-2-8-22)21-11-12-4-6-15(19)16(20)9-12/h4-7,9-10,21-22H,2,8,11H2. The highest BCUT2D eigenvalue weighted by molar-refractivity contribution is 6.42. The lowest BCUT2D eigenvalue weighted by Crippen LogP contribution is -2.01. The number of aliphatic hydroxyl groups is 1. The van der Waals surface area contributed by atoms with E-state index in [1.54, 1.807) is 18.2 Å². The van der Waals surface area contributed by atoms with Crippen LogP contribution in [0.1, 0.15) is 17.5 Å². The topological polar surface area (TPSA) is 32.3 Å². The monoisotopic (exact) mass is 353 g/mol. The summed E-state index contributed by atoms with van der Waals surface area (Å²) in [5, 5.41) is 13.8. The van der Waals surface area contributed by atoms with Crippen LogP contribution in [0.4, 0.5) is 5.69 Å². The molecule has 5 heteroatoms. The molecule has 2 aromatic rings. The van der Waals surface area contributed by atoms with Crippen LogP contribution in [0.25, 0.3) is 0 Å². The molecule has 2 aromatic carbocycles. The van der Waals surface area contributed by atoms with E-state index in [1.807, 2.05) is 18.2 Å². The van der Waals surface area contributed by atoms with Crippen molar-refractivity contribution in [3.05, 3.63) is 62.6 Å². The summed E-state index contributed by atoms with van der Waals surface area (Å²) in [6.07, 6.45) is 0.429. The molecule has 22 heavy (non-hydrogen) atoms. The molecule has 0 saturated heterocycles. The van der Waals surface area contributed by atoms with Crippen molar-refractivity contribution in [3.63, 3.8) is 0 Å². The summed E-state index contributed by atoms with van der Waals surface area (Å²) in [6, 6.07) is 11.0. The van der Waals surface area contributed by atoms with Gasteiger partial charge in [0.2, 0.25) is 0 Å². The Morgan fingerprint density at radius 2 is 1.82 bits per heavy atom. The predicted molar refractivity (Wildman–Crippen MR) is 93.8 cm³/mol. The van der Waals surface area contributed by atoms with E-state index in [2.05, 4.69) is 17.2 Å². The minimum absolute atomic E-state index is 0.0413. The number of rotatable bonds is 4. The van der Waals surface area contributed by atoms with Gasteiger partial charge in [0.05, 0.1) is 22.3 Å². The first-order chi connectivity index (χ1) is 10.6. The Balaban J connectivity index is 2.15. The first kappa shape index (κ1) is 17.0. The molecule has 0 saturated carbocycles. The first-order valence-corrected chi connectivity index (χ1v) is 7.80. The Bertz CT molecular complexity index is 720. The van der Waals surface area contributed by atoms with Crippen molar-refractivity contribution < 1.29 is 5.11 Å². The van der Waals surface area contributed by atoms with Gasteiger partial charge in [0, 0.05) is 23.6 Å². The second-order valence-corrected chi connectivity index (χ2v) is 5.82. The lowest BCUT2D eigenvalue weighted by atomic mass is 10.1. The third kappa shape index (κ3) is 4.83. The van der Waals surface area contributed by atoms with Crippen LogP contribution in [0.2, 0.25) is 15.1 Å². The zero-order valence-corrected chi connectivity index (χ0v) is 13.9. The fourth-order valence-corrected chi connectivity index (χ4v) is 2.33. The van der Waals surface area contributed by atoms with Gasteiger partial charge in [-0.2, -0.15) is 0 Å². The first-order valence-electron chi connectivity index (χ1n) is 6.67. The van der Waals surface area contributed by atoms with Crippen LogP contribution in [0.5, 0.6) is 0 Å². The number of anilines is 1. The van der Waals surface area contributed by atoms with Gasteiger partial charge in [0.1, 0.15) is 0 Å². The maximum absolute atomic E-state index is 8.80. The lowest BCUT2D eigenvalue weighted by Gasteiger charge is -2.10. The van der Waals surface area contributed by atoms with Crippen molar-refractivity contribution in [1.29, 1.82) is 0 Å². The van der Waals surface area contributed by atoms with Gasteiger partial charge in [0.15, 0.2) is 0 Å². The van der Waals surface area contributed by atoms with Crippen molar-refractivity contribution >= 4 is 40.5 Å². The van der Waals surface area contributed by atoms with Crippen molar-refractivity contribution in [2.24, 2.45) is 0 Å². The van der Waals surface area contributed by atoms with Gasteiger partial charge in [-0.05, 0) is 35.9 Å². The van der Waals surface area contributed by atoms with Crippen LogP contribution in [-0.4, -0.2) is 11.7 Å². The van der Waals surface area contributed by atoms with Crippen LogP contribution in [0.3, 0.4) is 0 Å². The minimum Gasteiger partial charge on any atom is -0.395 e. The molecule has 0 aliphatic heterocycles. The summed E-state index contributed by atoms with van der Waals surface area (Å²) in [5.74, 6) is 5.90. The second-order valence-electron chi connectivity index (χ2n) is 4.57. The molecule has 0 atom stereocenters. The minimum atomic E-state index is 0.0413. The summed E-state index contributed by atoms with van der Waals surface area (Å²) in [7, 11) is 0. The van der Waals surface area contributed by atoms with Crippen LogP contribution in [-0.2, 0) is 6.54 Å². The smallest absolute Gasteiger partial charge is 0.0595 e. The lowest BCUT2D eigenvalue weighted by molar-refractivity contribution is 0.305. The molecule has 0 amide bonds. The average Bonchev–Trinajstić information content (AvgIpc) is 2.50. The Morgan fingerprint density at radius 3 is 2.55 bits per heavy atom. The van der Waals surface area contributed by atoms with Crippen LogP contribution >= 0.6 is 34.8 Å². The van der Waals surface area contributed by atoms with E-state index in [4.69, 9.17) is 39.9 Å². The number of hydrogen-bond acceptors (Lipinski definition) is 2. The molecule has 2 rings (SSSR count). The van der Waals surface area contributed by atoms with Crippen molar-refractivity contribution in [2.45, 2.75) is 13.0 Å². The number of nitrogens with one attached hydrogen (secondary N) is 1. The molecule has 0 fully saturated rings. The highest BCUT2D eigenvalue weighted by Gasteiger charge is 2.03. The summed E-state index contributed by atoms with van der Waals surface area (Å²) < 4.78 is 0. The van der Waals surface area contributed by atoms with Gasteiger partial charge in [-0.15, -0.1) is 0 Å². The molecular formula is C17H14Cl3NO. The summed E-state index contributed by atoms with van der Waals surface area (Å²) in [4.78, 5) is 0.